The van der Waals surface area contributed by atoms with Gasteiger partial charge in [0.05, 0.1) is 16.1 Å². The molecule has 1 amide bonds. The number of nitrogens with zero attached hydrogens (tertiary/aromatic N) is 2. The summed E-state index contributed by atoms with van der Waals surface area (Å²) in [7, 11) is -3.45. The SMILES string of the molecule is Cc1ccc(C(=O)NC2CC2)cc1-c1ccc2c(-c3cc(Cl)c(S(C)(=O)=O)cc3C)nncc2c1. The van der Waals surface area contributed by atoms with Gasteiger partial charge in [-0.2, -0.15) is 5.10 Å². The number of halogens is 1. The maximum Gasteiger partial charge on any atom is 0.251 e. The number of fused-ring (bicyclic) bond motifs is 1. The first-order valence-electron chi connectivity index (χ1n) is 11.3. The number of sulfone groups is 1. The number of rotatable bonds is 5. The van der Waals surface area contributed by atoms with Crippen molar-refractivity contribution in [3.8, 4) is 22.4 Å². The van der Waals surface area contributed by atoms with Gasteiger partial charge in [-0.3, -0.25) is 4.79 Å². The van der Waals surface area contributed by atoms with E-state index in [0.29, 0.717) is 17.3 Å². The number of benzene rings is 3. The number of carbonyl (C=O) groups excluding carboxylic acids is 1. The van der Waals surface area contributed by atoms with Crippen LogP contribution >= 0.6 is 11.6 Å². The molecule has 1 saturated carbocycles. The quantitative estimate of drug-likeness (QED) is 0.385. The molecule has 6 nitrogen and oxygen atoms in total. The van der Waals surface area contributed by atoms with Gasteiger partial charge in [-0.05, 0) is 79.3 Å². The van der Waals surface area contributed by atoms with Gasteiger partial charge in [0.1, 0.15) is 5.69 Å². The molecule has 8 heteroatoms. The largest absolute Gasteiger partial charge is 0.349 e. The van der Waals surface area contributed by atoms with Gasteiger partial charge >= 0.3 is 0 Å². The minimum Gasteiger partial charge on any atom is -0.349 e. The number of carbonyl (C=O) groups is 1. The second-order valence-corrected chi connectivity index (χ2v) is 11.5. The minimum atomic E-state index is -3.45. The van der Waals surface area contributed by atoms with Crippen LogP contribution in [0.4, 0.5) is 0 Å². The number of amides is 1. The zero-order valence-corrected chi connectivity index (χ0v) is 21.2. The summed E-state index contributed by atoms with van der Waals surface area (Å²) in [5.41, 5.74) is 5.75. The van der Waals surface area contributed by atoms with E-state index in [4.69, 9.17) is 11.6 Å². The van der Waals surface area contributed by atoms with Crippen molar-refractivity contribution >= 4 is 38.1 Å². The summed E-state index contributed by atoms with van der Waals surface area (Å²) in [5, 5.41) is 13.5. The third-order valence-corrected chi connectivity index (χ3v) is 7.88. The van der Waals surface area contributed by atoms with Gasteiger partial charge in [-0.1, -0.05) is 29.8 Å². The lowest BCUT2D eigenvalue weighted by Crippen LogP contribution is -2.25. The van der Waals surface area contributed by atoms with Gasteiger partial charge in [-0.15, -0.1) is 5.10 Å². The first-order valence-corrected chi connectivity index (χ1v) is 13.6. The van der Waals surface area contributed by atoms with Crippen LogP contribution in [0.3, 0.4) is 0 Å². The molecule has 1 N–H and O–H groups in total. The first kappa shape index (κ1) is 23.5. The Balaban J connectivity index is 1.58. The molecule has 0 aliphatic heterocycles. The lowest BCUT2D eigenvalue weighted by molar-refractivity contribution is 0.0951. The van der Waals surface area contributed by atoms with Crippen LogP contribution in [0.15, 0.2) is 59.6 Å². The molecule has 0 saturated heterocycles. The fourth-order valence-electron chi connectivity index (χ4n) is 4.22. The van der Waals surface area contributed by atoms with Gasteiger partial charge in [-0.25, -0.2) is 8.42 Å². The van der Waals surface area contributed by atoms with E-state index in [0.717, 1.165) is 57.7 Å². The standard InChI is InChI=1S/C27H24ClN3O3S/c1-15-4-5-18(27(32)30-20-7-8-20)12-22(15)17-6-9-21-19(11-17)14-29-31-26(21)23-13-24(28)25(10-16(23)2)35(3,33)34/h4-6,9-14,20H,7-8H2,1-3H3,(H,30,32). The second-order valence-electron chi connectivity index (χ2n) is 9.14. The average Bonchev–Trinajstić information content (AvgIpc) is 3.63. The molecule has 0 bridgehead atoms. The number of aryl methyl sites for hydroxylation is 2. The van der Waals surface area contributed by atoms with E-state index in [1.165, 1.54) is 0 Å². The lowest BCUT2D eigenvalue weighted by Gasteiger charge is -2.13. The van der Waals surface area contributed by atoms with E-state index in [2.05, 4.69) is 15.5 Å². The number of nitrogens with one attached hydrogen (secondary N) is 1. The van der Waals surface area contributed by atoms with E-state index in [9.17, 15) is 13.2 Å². The Morgan fingerprint density at radius 2 is 1.77 bits per heavy atom. The molecule has 0 unspecified atom stereocenters. The molecule has 1 fully saturated rings. The van der Waals surface area contributed by atoms with E-state index in [-0.39, 0.29) is 15.8 Å². The lowest BCUT2D eigenvalue weighted by atomic mass is 9.94. The molecular weight excluding hydrogens is 482 g/mol. The van der Waals surface area contributed by atoms with Gasteiger partial charge in [0.15, 0.2) is 9.84 Å². The van der Waals surface area contributed by atoms with Crippen LogP contribution < -0.4 is 5.32 Å². The smallest absolute Gasteiger partial charge is 0.251 e. The molecule has 1 aliphatic carbocycles. The van der Waals surface area contributed by atoms with Crippen molar-refractivity contribution in [2.24, 2.45) is 0 Å². The molecule has 1 aromatic heterocycles. The minimum absolute atomic E-state index is 0.0485. The van der Waals surface area contributed by atoms with Crippen molar-refractivity contribution in [2.75, 3.05) is 6.26 Å². The first-order chi connectivity index (χ1) is 16.6. The van der Waals surface area contributed by atoms with Crippen LogP contribution in [0.25, 0.3) is 33.2 Å². The molecule has 35 heavy (non-hydrogen) atoms. The Bertz CT molecular complexity index is 1610. The van der Waals surface area contributed by atoms with Crippen molar-refractivity contribution in [1.82, 2.24) is 15.5 Å². The summed E-state index contributed by atoms with van der Waals surface area (Å²) in [4.78, 5) is 12.7. The summed E-state index contributed by atoms with van der Waals surface area (Å²) in [6, 6.07) is 15.3. The topological polar surface area (TPSA) is 89.0 Å². The molecule has 5 rings (SSSR count). The second kappa shape index (κ2) is 8.73. The van der Waals surface area contributed by atoms with Crippen LogP contribution in [0.2, 0.25) is 5.02 Å². The van der Waals surface area contributed by atoms with E-state index < -0.39 is 9.84 Å². The Morgan fingerprint density at radius 3 is 2.49 bits per heavy atom. The van der Waals surface area contributed by atoms with Gasteiger partial charge < -0.3 is 5.32 Å². The molecule has 4 aromatic rings. The molecule has 3 aromatic carbocycles. The predicted octanol–water partition coefficient (Wildman–Crippen LogP) is 5.53. The maximum atomic E-state index is 12.6. The monoisotopic (exact) mass is 505 g/mol. The van der Waals surface area contributed by atoms with Crippen molar-refractivity contribution in [3.63, 3.8) is 0 Å². The molecule has 0 radical (unpaired) electrons. The van der Waals surface area contributed by atoms with Gasteiger partial charge in [0.2, 0.25) is 0 Å². The summed E-state index contributed by atoms with van der Waals surface area (Å²) >= 11 is 6.33. The number of hydrogen-bond donors (Lipinski definition) is 1. The van der Waals surface area contributed by atoms with Crippen molar-refractivity contribution in [1.29, 1.82) is 0 Å². The van der Waals surface area contributed by atoms with Crippen LogP contribution in [0.1, 0.15) is 34.3 Å². The average molecular weight is 506 g/mol. The Morgan fingerprint density at radius 1 is 1.00 bits per heavy atom. The van der Waals surface area contributed by atoms with Gasteiger partial charge in [0, 0.05) is 34.2 Å². The third kappa shape index (κ3) is 4.66. The zero-order chi connectivity index (χ0) is 24.9. The van der Waals surface area contributed by atoms with Crippen LogP contribution in [0, 0.1) is 13.8 Å². The fraction of sp³-hybridized carbons (Fsp3) is 0.222. The highest BCUT2D eigenvalue weighted by molar-refractivity contribution is 7.90. The molecule has 178 valence electrons. The van der Waals surface area contributed by atoms with E-state index in [1.54, 1.807) is 18.3 Å². The number of hydrogen-bond acceptors (Lipinski definition) is 5. The summed E-state index contributed by atoms with van der Waals surface area (Å²) in [6.07, 6.45) is 4.92. The van der Waals surface area contributed by atoms with Crippen molar-refractivity contribution in [3.05, 3.63) is 76.4 Å². The fourth-order valence-corrected chi connectivity index (χ4v) is 5.61. The normalized spacial score (nSPS) is 13.7. The zero-order valence-electron chi connectivity index (χ0n) is 19.6. The highest BCUT2D eigenvalue weighted by Crippen LogP contribution is 2.35. The van der Waals surface area contributed by atoms with Crippen molar-refractivity contribution in [2.45, 2.75) is 37.6 Å². The summed E-state index contributed by atoms with van der Waals surface area (Å²) in [5.74, 6) is -0.0485. The Labute approximate surface area is 209 Å². The van der Waals surface area contributed by atoms with Crippen LogP contribution in [-0.2, 0) is 9.84 Å². The van der Waals surface area contributed by atoms with Crippen molar-refractivity contribution < 1.29 is 13.2 Å². The maximum absolute atomic E-state index is 12.6. The van der Waals surface area contributed by atoms with Gasteiger partial charge in [0.25, 0.3) is 5.91 Å². The highest BCUT2D eigenvalue weighted by atomic mass is 35.5. The van der Waals surface area contributed by atoms with E-state index in [1.807, 2.05) is 50.2 Å². The van der Waals surface area contributed by atoms with Crippen LogP contribution in [0.5, 0.6) is 0 Å². The predicted molar refractivity (Wildman–Crippen MR) is 138 cm³/mol. The highest BCUT2D eigenvalue weighted by Gasteiger charge is 2.24. The molecule has 0 atom stereocenters. The summed E-state index contributed by atoms with van der Waals surface area (Å²) < 4.78 is 24.1. The molecular formula is C27H24ClN3O3S. The van der Waals surface area contributed by atoms with Crippen LogP contribution in [-0.4, -0.2) is 36.8 Å². The number of aromatic nitrogens is 2. The van der Waals surface area contributed by atoms with E-state index >= 15 is 0 Å². The summed E-state index contributed by atoms with van der Waals surface area (Å²) in [6.45, 7) is 3.85. The Kier molecular flexibility index (Phi) is 5.85. The molecule has 1 aliphatic rings. The third-order valence-electron chi connectivity index (χ3n) is 6.32. The molecule has 0 spiro atoms. The Hall–Kier alpha value is -3.29. The molecule has 1 heterocycles.